The minimum atomic E-state index is -3.40. The van der Waals surface area contributed by atoms with Crippen molar-refractivity contribution in [1.82, 2.24) is 14.9 Å². The standard InChI is InChI=1S/C19H29N3O3S/c1-20-14-16-10-12-22(13-11-16)19(23)9-4-15-2-7-18(8-3-15)26(24,25)21-17-5-6-17/h2-3,7-8,16-17,20-21H,4-6,9-14H2,1H3. The highest BCUT2D eigenvalue weighted by Gasteiger charge is 2.28. The van der Waals surface area contributed by atoms with Gasteiger partial charge in [0.05, 0.1) is 4.90 Å². The van der Waals surface area contributed by atoms with Crippen LogP contribution >= 0.6 is 0 Å². The van der Waals surface area contributed by atoms with Crippen molar-refractivity contribution >= 4 is 15.9 Å². The predicted octanol–water partition coefficient (Wildman–Crippen LogP) is 1.52. The van der Waals surface area contributed by atoms with Gasteiger partial charge in [-0.25, -0.2) is 13.1 Å². The minimum absolute atomic E-state index is 0.106. The molecule has 1 aliphatic carbocycles. The van der Waals surface area contributed by atoms with E-state index in [0.717, 1.165) is 50.9 Å². The number of rotatable bonds is 8. The fourth-order valence-corrected chi connectivity index (χ4v) is 4.71. The maximum Gasteiger partial charge on any atom is 0.240 e. The van der Waals surface area contributed by atoms with Crippen molar-refractivity contribution in [2.75, 3.05) is 26.7 Å². The van der Waals surface area contributed by atoms with Crippen LogP contribution in [0.3, 0.4) is 0 Å². The molecule has 1 aromatic rings. The lowest BCUT2D eigenvalue weighted by atomic mass is 9.96. The van der Waals surface area contributed by atoms with Gasteiger partial charge in [0, 0.05) is 25.6 Å². The van der Waals surface area contributed by atoms with Gasteiger partial charge >= 0.3 is 0 Å². The van der Waals surface area contributed by atoms with Gasteiger partial charge in [0.2, 0.25) is 15.9 Å². The van der Waals surface area contributed by atoms with Crippen molar-refractivity contribution in [1.29, 1.82) is 0 Å². The Hall–Kier alpha value is -1.44. The van der Waals surface area contributed by atoms with Crippen LogP contribution in [0, 0.1) is 5.92 Å². The minimum Gasteiger partial charge on any atom is -0.343 e. The summed E-state index contributed by atoms with van der Waals surface area (Å²) in [5.74, 6) is 0.864. The molecule has 1 heterocycles. The summed E-state index contributed by atoms with van der Waals surface area (Å²) in [4.78, 5) is 14.7. The van der Waals surface area contributed by atoms with Gasteiger partial charge in [-0.05, 0) is 69.3 Å². The molecule has 0 atom stereocenters. The highest BCUT2D eigenvalue weighted by atomic mass is 32.2. The third kappa shape index (κ3) is 5.28. The SMILES string of the molecule is CNCC1CCN(C(=O)CCc2ccc(S(=O)(=O)NC3CC3)cc2)CC1. The molecule has 1 saturated carbocycles. The number of amides is 1. The zero-order valence-electron chi connectivity index (χ0n) is 15.4. The average Bonchev–Trinajstić information content (AvgIpc) is 3.44. The molecule has 2 N–H and O–H groups in total. The first kappa shape index (κ1) is 19.3. The van der Waals surface area contributed by atoms with Gasteiger partial charge < -0.3 is 10.2 Å². The van der Waals surface area contributed by atoms with Crippen LogP contribution in [-0.4, -0.2) is 51.9 Å². The molecule has 1 amide bonds. The van der Waals surface area contributed by atoms with Gasteiger partial charge in [-0.2, -0.15) is 0 Å². The summed E-state index contributed by atoms with van der Waals surface area (Å²) in [6.45, 7) is 2.71. The lowest BCUT2D eigenvalue weighted by molar-refractivity contribution is -0.132. The summed E-state index contributed by atoms with van der Waals surface area (Å²) < 4.78 is 27.0. The van der Waals surface area contributed by atoms with Crippen molar-refractivity contribution in [3.8, 4) is 0 Å². The number of carbonyl (C=O) groups is 1. The van der Waals surface area contributed by atoms with Crippen LogP contribution < -0.4 is 10.0 Å². The van der Waals surface area contributed by atoms with Crippen molar-refractivity contribution in [3.05, 3.63) is 29.8 Å². The number of hydrogen-bond acceptors (Lipinski definition) is 4. The zero-order valence-corrected chi connectivity index (χ0v) is 16.2. The van der Waals surface area contributed by atoms with E-state index in [1.165, 1.54) is 0 Å². The van der Waals surface area contributed by atoms with E-state index in [0.29, 0.717) is 23.7 Å². The van der Waals surface area contributed by atoms with Crippen LogP contribution in [0.5, 0.6) is 0 Å². The number of nitrogens with zero attached hydrogens (tertiary/aromatic N) is 1. The Morgan fingerprint density at radius 1 is 1.12 bits per heavy atom. The number of nitrogens with one attached hydrogen (secondary N) is 2. The smallest absolute Gasteiger partial charge is 0.240 e. The average molecular weight is 380 g/mol. The molecule has 144 valence electrons. The van der Waals surface area contributed by atoms with E-state index in [-0.39, 0.29) is 11.9 Å². The molecule has 6 nitrogen and oxygen atoms in total. The van der Waals surface area contributed by atoms with E-state index in [1.807, 2.05) is 24.1 Å². The summed E-state index contributed by atoms with van der Waals surface area (Å²) in [5, 5.41) is 3.21. The first-order valence-corrected chi connectivity index (χ1v) is 11.0. The molecule has 0 radical (unpaired) electrons. The second-order valence-electron chi connectivity index (χ2n) is 7.42. The Kier molecular flexibility index (Phi) is 6.32. The monoisotopic (exact) mass is 379 g/mol. The maximum atomic E-state index is 12.4. The number of aryl methyl sites for hydroxylation is 1. The van der Waals surface area contributed by atoms with Crippen LogP contribution in [-0.2, 0) is 21.2 Å². The first-order chi connectivity index (χ1) is 12.5. The van der Waals surface area contributed by atoms with Gasteiger partial charge in [-0.1, -0.05) is 12.1 Å². The molecular weight excluding hydrogens is 350 g/mol. The molecule has 0 unspecified atom stereocenters. The number of likely N-dealkylation sites (tertiary alicyclic amines) is 1. The molecule has 1 aromatic carbocycles. The maximum absolute atomic E-state index is 12.4. The predicted molar refractivity (Wildman–Crippen MR) is 101 cm³/mol. The molecule has 7 heteroatoms. The fraction of sp³-hybridized carbons (Fsp3) is 0.632. The van der Waals surface area contributed by atoms with Crippen LogP contribution in [0.25, 0.3) is 0 Å². The Morgan fingerprint density at radius 2 is 1.77 bits per heavy atom. The Bertz CT molecular complexity index is 706. The van der Waals surface area contributed by atoms with E-state index >= 15 is 0 Å². The third-order valence-electron chi connectivity index (χ3n) is 5.22. The van der Waals surface area contributed by atoms with E-state index < -0.39 is 10.0 Å². The van der Waals surface area contributed by atoms with Gasteiger partial charge in [0.25, 0.3) is 0 Å². The van der Waals surface area contributed by atoms with Crippen LogP contribution in [0.1, 0.15) is 37.7 Å². The molecule has 0 spiro atoms. The Balaban J connectivity index is 1.46. The second kappa shape index (κ2) is 8.50. The lowest BCUT2D eigenvalue weighted by Gasteiger charge is -2.32. The summed E-state index contributed by atoms with van der Waals surface area (Å²) in [6, 6.07) is 7.00. The van der Waals surface area contributed by atoms with Crippen LogP contribution in [0.4, 0.5) is 0 Å². The summed E-state index contributed by atoms with van der Waals surface area (Å²) in [7, 11) is -1.43. The fourth-order valence-electron chi connectivity index (χ4n) is 3.41. The molecule has 1 saturated heterocycles. The molecule has 0 aromatic heterocycles. The topological polar surface area (TPSA) is 78.5 Å². The Labute approximate surface area is 156 Å². The summed E-state index contributed by atoms with van der Waals surface area (Å²) in [6.07, 6.45) is 5.09. The quantitative estimate of drug-likeness (QED) is 0.718. The van der Waals surface area contributed by atoms with Crippen LogP contribution in [0.2, 0.25) is 0 Å². The normalized spacial score (nSPS) is 18.9. The molecule has 26 heavy (non-hydrogen) atoms. The zero-order chi connectivity index (χ0) is 18.6. The third-order valence-corrected chi connectivity index (χ3v) is 6.76. The van der Waals surface area contributed by atoms with Crippen LogP contribution in [0.15, 0.2) is 29.2 Å². The van der Waals surface area contributed by atoms with E-state index in [9.17, 15) is 13.2 Å². The first-order valence-electron chi connectivity index (χ1n) is 9.51. The molecule has 2 aliphatic rings. The van der Waals surface area contributed by atoms with Gasteiger partial charge in [0.15, 0.2) is 0 Å². The highest BCUT2D eigenvalue weighted by molar-refractivity contribution is 7.89. The number of sulfonamides is 1. The van der Waals surface area contributed by atoms with Gasteiger partial charge in [-0.15, -0.1) is 0 Å². The number of carbonyl (C=O) groups excluding carboxylic acids is 1. The number of piperidine rings is 1. The molecule has 0 bridgehead atoms. The largest absolute Gasteiger partial charge is 0.343 e. The van der Waals surface area contributed by atoms with E-state index in [2.05, 4.69) is 10.0 Å². The highest BCUT2D eigenvalue weighted by Crippen LogP contribution is 2.22. The lowest BCUT2D eigenvalue weighted by Crippen LogP contribution is -2.40. The van der Waals surface area contributed by atoms with Gasteiger partial charge in [0.1, 0.15) is 0 Å². The number of hydrogen-bond donors (Lipinski definition) is 2. The van der Waals surface area contributed by atoms with Gasteiger partial charge in [-0.3, -0.25) is 4.79 Å². The molecule has 3 rings (SSSR count). The van der Waals surface area contributed by atoms with E-state index in [1.54, 1.807) is 12.1 Å². The molecular formula is C19H29N3O3S. The van der Waals surface area contributed by atoms with Crippen molar-refractivity contribution in [2.45, 2.75) is 49.5 Å². The second-order valence-corrected chi connectivity index (χ2v) is 9.14. The number of benzene rings is 1. The van der Waals surface area contributed by atoms with Crippen molar-refractivity contribution in [2.24, 2.45) is 5.92 Å². The summed E-state index contributed by atoms with van der Waals surface area (Å²) in [5.41, 5.74) is 0.994. The molecule has 1 aliphatic heterocycles. The van der Waals surface area contributed by atoms with Crippen molar-refractivity contribution < 1.29 is 13.2 Å². The molecule has 2 fully saturated rings. The Morgan fingerprint density at radius 3 is 2.35 bits per heavy atom. The van der Waals surface area contributed by atoms with E-state index in [4.69, 9.17) is 0 Å². The summed E-state index contributed by atoms with van der Waals surface area (Å²) >= 11 is 0. The van der Waals surface area contributed by atoms with Crippen molar-refractivity contribution in [3.63, 3.8) is 0 Å².